The molecule has 0 bridgehead atoms. The van der Waals surface area contributed by atoms with Gasteiger partial charge in [0.05, 0.1) is 17.6 Å². The van der Waals surface area contributed by atoms with Crippen molar-refractivity contribution < 1.29 is 35.9 Å². The van der Waals surface area contributed by atoms with Gasteiger partial charge in [-0.25, -0.2) is 13.2 Å². The fourth-order valence-corrected chi connectivity index (χ4v) is 4.41. The van der Waals surface area contributed by atoms with Crippen molar-refractivity contribution in [3.05, 3.63) is 35.5 Å². The number of rotatable bonds is 6. The number of sulfonamides is 1. The minimum Gasteiger partial charge on any atom is -0.466 e. The topological polar surface area (TPSA) is 119 Å². The quantitative estimate of drug-likeness (QED) is 0.517. The van der Waals surface area contributed by atoms with Crippen molar-refractivity contribution in [3.8, 4) is 0 Å². The van der Waals surface area contributed by atoms with E-state index in [2.05, 4.69) is 4.74 Å². The number of nitrogens with zero attached hydrogens (tertiary/aromatic N) is 1. The van der Waals surface area contributed by atoms with E-state index in [1.54, 1.807) is 6.92 Å². The van der Waals surface area contributed by atoms with Crippen LogP contribution in [0.1, 0.15) is 20.3 Å². The minimum atomic E-state index is -5.47. The molecule has 0 aliphatic carbocycles. The smallest absolute Gasteiger partial charge is 0.421 e. The second-order valence-electron chi connectivity index (χ2n) is 6.33. The number of benzene rings is 1. The summed E-state index contributed by atoms with van der Waals surface area (Å²) >= 11 is 0. The van der Waals surface area contributed by atoms with Crippen LogP contribution in [0.2, 0.25) is 0 Å². The van der Waals surface area contributed by atoms with Crippen LogP contribution in [-0.4, -0.2) is 50.6 Å². The van der Waals surface area contributed by atoms with Gasteiger partial charge in [-0.15, -0.1) is 0 Å². The number of halogens is 3. The highest BCUT2D eigenvalue weighted by atomic mass is 32.2. The van der Waals surface area contributed by atoms with E-state index >= 15 is 0 Å². The number of nitrogen functional groups attached to an aromatic ring is 1. The average molecular weight is 435 g/mol. The lowest BCUT2D eigenvalue weighted by Crippen LogP contribution is -2.66. The van der Waals surface area contributed by atoms with E-state index in [-0.39, 0.29) is 24.4 Å². The molecule has 1 aliphatic rings. The van der Waals surface area contributed by atoms with Gasteiger partial charge in [0, 0.05) is 17.9 Å². The van der Waals surface area contributed by atoms with Gasteiger partial charge < -0.3 is 15.4 Å². The Labute approximate surface area is 165 Å². The van der Waals surface area contributed by atoms with Gasteiger partial charge in [-0.05, 0) is 37.6 Å². The normalized spacial score (nSPS) is 20.3. The third-order valence-electron chi connectivity index (χ3n) is 4.45. The molecule has 0 unspecified atom stereocenters. The Bertz CT molecular complexity index is 958. The van der Waals surface area contributed by atoms with Gasteiger partial charge in [-0.3, -0.25) is 4.79 Å². The maximum atomic E-state index is 14.3. The second-order valence-corrected chi connectivity index (χ2v) is 8.01. The fraction of sp³-hybridized carbons (Fsp3) is 0.412. The first kappa shape index (κ1) is 22.7. The van der Waals surface area contributed by atoms with Crippen LogP contribution in [0.5, 0.6) is 0 Å². The van der Waals surface area contributed by atoms with Crippen molar-refractivity contribution in [1.82, 2.24) is 9.62 Å². The standard InChI is InChI=1S/C17H20F3N3O5S/c1-4-9-23-10(2)13(14(24)28-3)16(15(23)25,17(18,19)20)22-29(26,27)12-7-5-11(21)6-8-12/h5-8,22H,4,9,21H2,1-3H3/t16-/m1/s1. The summed E-state index contributed by atoms with van der Waals surface area (Å²) < 4.78 is 74.1. The lowest BCUT2D eigenvalue weighted by Gasteiger charge is -2.32. The highest BCUT2D eigenvalue weighted by Gasteiger charge is 2.71. The second kappa shape index (κ2) is 7.67. The van der Waals surface area contributed by atoms with E-state index < -0.39 is 44.1 Å². The van der Waals surface area contributed by atoms with Crippen LogP contribution in [-0.2, 0) is 24.3 Å². The largest absolute Gasteiger partial charge is 0.466 e. The Morgan fingerprint density at radius 2 is 1.83 bits per heavy atom. The van der Waals surface area contributed by atoms with E-state index in [0.717, 1.165) is 31.1 Å². The molecule has 1 aliphatic heterocycles. The van der Waals surface area contributed by atoms with Crippen molar-refractivity contribution in [2.75, 3.05) is 19.4 Å². The Morgan fingerprint density at radius 3 is 2.28 bits per heavy atom. The number of hydrogen-bond donors (Lipinski definition) is 2. The molecule has 1 amide bonds. The van der Waals surface area contributed by atoms with Gasteiger partial charge in [0.1, 0.15) is 0 Å². The van der Waals surface area contributed by atoms with Crippen LogP contribution < -0.4 is 10.5 Å². The van der Waals surface area contributed by atoms with Crippen molar-refractivity contribution in [2.24, 2.45) is 0 Å². The van der Waals surface area contributed by atoms with Gasteiger partial charge in [0.25, 0.3) is 5.91 Å². The number of hydrogen-bond acceptors (Lipinski definition) is 6. The number of nitrogens with two attached hydrogens (primary N) is 1. The molecule has 0 saturated carbocycles. The molecule has 12 heteroatoms. The average Bonchev–Trinajstić information content (AvgIpc) is 2.83. The summed E-state index contributed by atoms with van der Waals surface area (Å²) in [6, 6.07) is 4.33. The monoisotopic (exact) mass is 435 g/mol. The van der Waals surface area contributed by atoms with Crippen molar-refractivity contribution in [2.45, 2.75) is 36.9 Å². The molecule has 0 fully saturated rings. The first-order chi connectivity index (χ1) is 13.3. The van der Waals surface area contributed by atoms with Crippen LogP contribution in [0.4, 0.5) is 18.9 Å². The van der Waals surface area contributed by atoms with Crippen LogP contribution >= 0.6 is 0 Å². The molecule has 160 valence electrons. The third kappa shape index (κ3) is 3.69. The number of carbonyl (C=O) groups is 2. The summed E-state index contributed by atoms with van der Waals surface area (Å²) in [7, 11) is -4.05. The van der Waals surface area contributed by atoms with E-state index in [4.69, 9.17) is 5.73 Å². The Balaban J connectivity index is 2.75. The lowest BCUT2D eigenvalue weighted by molar-refractivity contribution is -0.190. The molecule has 8 nitrogen and oxygen atoms in total. The number of esters is 1. The van der Waals surface area contributed by atoms with E-state index in [1.807, 2.05) is 0 Å². The predicted octanol–water partition coefficient (Wildman–Crippen LogP) is 1.55. The van der Waals surface area contributed by atoms with Gasteiger partial charge >= 0.3 is 12.1 Å². The van der Waals surface area contributed by atoms with E-state index in [9.17, 15) is 31.2 Å². The Hall–Kier alpha value is -2.60. The molecule has 1 heterocycles. The Kier molecular flexibility index (Phi) is 6.00. The van der Waals surface area contributed by atoms with Crippen LogP contribution in [0.15, 0.2) is 40.4 Å². The van der Waals surface area contributed by atoms with Crippen LogP contribution in [0.25, 0.3) is 0 Å². The number of methoxy groups -OCH3 is 1. The van der Waals surface area contributed by atoms with Gasteiger partial charge in [0.2, 0.25) is 15.6 Å². The summed E-state index contributed by atoms with van der Waals surface area (Å²) in [4.78, 5) is 25.3. The molecule has 0 radical (unpaired) electrons. The molecule has 1 atom stereocenters. The summed E-state index contributed by atoms with van der Waals surface area (Å²) in [5.74, 6) is -3.09. The van der Waals surface area contributed by atoms with Crippen molar-refractivity contribution in [1.29, 1.82) is 0 Å². The molecule has 3 N–H and O–H groups in total. The zero-order valence-electron chi connectivity index (χ0n) is 15.8. The number of nitrogens with one attached hydrogen (secondary N) is 1. The highest BCUT2D eigenvalue weighted by molar-refractivity contribution is 7.89. The zero-order chi connectivity index (χ0) is 22.2. The van der Waals surface area contributed by atoms with Gasteiger partial charge in [0.15, 0.2) is 0 Å². The maximum Gasteiger partial charge on any atom is 0.421 e. The number of alkyl halides is 3. The first-order valence-electron chi connectivity index (χ1n) is 8.41. The van der Waals surface area contributed by atoms with Gasteiger partial charge in [-0.1, -0.05) is 6.92 Å². The minimum absolute atomic E-state index is 0.146. The molecule has 29 heavy (non-hydrogen) atoms. The zero-order valence-corrected chi connectivity index (χ0v) is 16.6. The molecule has 1 aromatic carbocycles. The molecule has 1 aromatic rings. The summed E-state index contributed by atoms with van der Waals surface area (Å²) in [5, 5.41) is 0. The highest BCUT2D eigenvalue weighted by Crippen LogP contribution is 2.45. The number of anilines is 1. The van der Waals surface area contributed by atoms with Crippen molar-refractivity contribution in [3.63, 3.8) is 0 Å². The molecular weight excluding hydrogens is 415 g/mol. The molecular formula is C17H20F3N3O5S. The Morgan fingerprint density at radius 1 is 1.28 bits per heavy atom. The molecule has 0 spiro atoms. The third-order valence-corrected chi connectivity index (χ3v) is 5.92. The van der Waals surface area contributed by atoms with Crippen LogP contribution in [0, 0.1) is 0 Å². The summed E-state index contributed by atoms with van der Waals surface area (Å²) in [6.45, 7) is 2.60. The fourth-order valence-electron chi connectivity index (χ4n) is 3.09. The molecule has 2 rings (SSSR count). The predicted molar refractivity (Wildman–Crippen MR) is 96.7 cm³/mol. The number of amides is 1. The number of ether oxygens (including phenoxy) is 1. The molecule has 0 aromatic heterocycles. The maximum absolute atomic E-state index is 14.3. The van der Waals surface area contributed by atoms with E-state index in [1.165, 1.54) is 16.9 Å². The first-order valence-corrected chi connectivity index (χ1v) is 9.89. The van der Waals surface area contributed by atoms with Crippen molar-refractivity contribution >= 4 is 27.6 Å². The van der Waals surface area contributed by atoms with E-state index in [0.29, 0.717) is 0 Å². The summed E-state index contributed by atoms with van der Waals surface area (Å²) in [5.41, 5.74) is 0.390. The number of carbonyl (C=O) groups excluding carboxylic acids is 2. The summed E-state index contributed by atoms with van der Waals surface area (Å²) in [6.07, 6.45) is -5.20. The van der Waals surface area contributed by atoms with Crippen LogP contribution in [0.3, 0.4) is 0 Å². The number of allylic oxidation sites excluding steroid dienone is 1. The lowest BCUT2D eigenvalue weighted by atomic mass is 9.91. The molecule has 0 saturated heterocycles. The SMILES string of the molecule is CCCN1C(=O)[C@@](NS(=O)(=O)c2ccc(N)cc2)(C(F)(F)F)C(C(=O)OC)=C1C. The van der Waals surface area contributed by atoms with Gasteiger partial charge in [-0.2, -0.15) is 17.9 Å².